The first-order valence-corrected chi connectivity index (χ1v) is 13.1. The normalized spacial score (nSPS) is 12.3. The molecule has 2 heterocycles. The smallest absolute Gasteiger partial charge is 0.424 e. The Balaban J connectivity index is 1.94. The van der Waals surface area contributed by atoms with Crippen molar-refractivity contribution in [1.29, 1.82) is 0 Å². The predicted octanol–water partition coefficient (Wildman–Crippen LogP) is 5.28. The fraction of sp³-hybridized carbons (Fsp3) is 0.391. The monoisotopic (exact) mass is 581 g/mol. The molecule has 0 saturated heterocycles. The summed E-state index contributed by atoms with van der Waals surface area (Å²) >= 11 is 3.43. The highest BCUT2D eigenvalue weighted by atomic mass is 79.9. The van der Waals surface area contributed by atoms with Crippen molar-refractivity contribution in [1.82, 2.24) is 18.8 Å². The van der Waals surface area contributed by atoms with Crippen LogP contribution in [0.3, 0.4) is 0 Å². The molecule has 0 spiro atoms. The van der Waals surface area contributed by atoms with Crippen LogP contribution >= 0.6 is 15.9 Å². The van der Waals surface area contributed by atoms with Crippen LogP contribution in [0.1, 0.15) is 41.5 Å². The highest BCUT2D eigenvalue weighted by Gasteiger charge is 2.30. The number of rotatable bonds is 4. The summed E-state index contributed by atoms with van der Waals surface area (Å²) in [5, 5.41) is 3.55. The molecule has 13 heteroatoms. The van der Waals surface area contributed by atoms with Crippen LogP contribution < -0.4 is 5.32 Å². The van der Waals surface area contributed by atoms with E-state index in [9.17, 15) is 18.0 Å². The first kappa shape index (κ1) is 27.4. The molecule has 0 unspecified atom stereocenters. The number of nitrogens with zero attached hydrogens (tertiary/aromatic N) is 4. The van der Waals surface area contributed by atoms with E-state index < -0.39 is 33.4 Å². The molecule has 0 saturated carbocycles. The number of ether oxygens (including phenoxy) is 2. The van der Waals surface area contributed by atoms with Gasteiger partial charge in [-0.3, -0.25) is 0 Å². The van der Waals surface area contributed by atoms with Gasteiger partial charge in [0.25, 0.3) is 10.0 Å². The number of anilines is 2. The van der Waals surface area contributed by atoms with E-state index in [2.05, 4.69) is 31.2 Å². The summed E-state index contributed by atoms with van der Waals surface area (Å²) in [6, 6.07) is 5.89. The Morgan fingerprint density at radius 2 is 1.69 bits per heavy atom. The Morgan fingerprint density at radius 3 is 2.31 bits per heavy atom. The minimum absolute atomic E-state index is 0.128. The van der Waals surface area contributed by atoms with Crippen molar-refractivity contribution < 1.29 is 27.5 Å². The van der Waals surface area contributed by atoms with Gasteiger partial charge in [-0.2, -0.15) is 0 Å². The molecule has 0 fully saturated rings. The van der Waals surface area contributed by atoms with E-state index in [4.69, 9.17) is 9.47 Å². The van der Waals surface area contributed by atoms with Gasteiger partial charge in [-0.1, -0.05) is 6.07 Å². The zero-order valence-corrected chi connectivity index (χ0v) is 23.4. The second kappa shape index (κ2) is 9.69. The maximum absolute atomic E-state index is 13.0. The summed E-state index contributed by atoms with van der Waals surface area (Å²) in [6.45, 7) is 10.2. The molecule has 1 N–H and O–H groups in total. The third kappa shape index (κ3) is 6.13. The molecular formula is C23H28BrN5O6S. The lowest BCUT2D eigenvalue weighted by Gasteiger charge is -2.24. The van der Waals surface area contributed by atoms with Crippen LogP contribution in [0.5, 0.6) is 0 Å². The summed E-state index contributed by atoms with van der Waals surface area (Å²) < 4.78 is 39.0. The van der Waals surface area contributed by atoms with Gasteiger partial charge in [-0.25, -0.2) is 36.8 Å². The number of fused-ring (bicyclic) bond motifs is 1. The average molecular weight is 582 g/mol. The topological polar surface area (TPSA) is 133 Å². The van der Waals surface area contributed by atoms with Gasteiger partial charge in [0.05, 0.1) is 10.3 Å². The van der Waals surface area contributed by atoms with Crippen LogP contribution in [-0.4, -0.2) is 57.7 Å². The average Bonchev–Trinajstić information content (AvgIpc) is 3.09. The van der Waals surface area contributed by atoms with Crippen molar-refractivity contribution in [3.63, 3.8) is 0 Å². The van der Waals surface area contributed by atoms with E-state index in [1.54, 1.807) is 47.6 Å². The standard InChI is InChI=1S/C23H28BrN5O6S/c1-22(2,3)34-20(30)28(7)36(32,33)15-10-8-9-14(11-15)27-18-17-16(24)12-29(19(17)26-13-25-18)21(31)35-23(4,5)6/h8-13H,1-7H3,(H,25,26,27). The van der Waals surface area contributed by atoms with Crippen LogP contribution in [0.15, 0.2) is 46.2 Å². The van der Waals surface area contributed by atoms with Gasteiger partial charge < -0.3 is 14.8 Å². The molecule has 0 radical (unpaired) electrons. The molecular weight excluding hydrogens is 554 g/mol. The Hall–Kier alpha value is -3.19. The van der Waals surface area contributed by atoms with Gasteiger partial charge in [0.15, 0.2) is 5.65 Å². The lowest BCUT2D eigenvalue weighted by molar-refractivity contribution is 0.0419. The summed E-state index contributed by atoms with van der Waals surface area (Å²) in [5.41, 5.74) is -0.883. The zero-order valence-electron chi connectivity index (χ0n) is 21.0. The Kier molecular flexibility index (Phi) is 7.38. The molecule has 3 aromatic rings. The second-order valence-corrected chi connectivity index (χ2v) is 12.7. The Bertz CT molecular complexity index is 1420. The maximum atomic E-state index is 13.0. The fourth-order valence-corrected chi connectivity index (χ4v) is 4.66. The van der Waals surface area contributed by atoms with E-state index in [0.717, 1.165) is 7.05 Å². The van der Waals surface area contributed by atoms with Crippen LogP contribution in [0.2, 0.25) is 0 Å². The van der Waals surface area contributed by atoms with Gasteiger partial charge in [0, 0.05) is 23.4 Å². The van der Waals surface area contributed by atoms with Crippen molar-refractivity contribution >= 4 is 60.7 Å². The number of benzene rings is 1. The van der Waals surface area contributed by atoms with Crippen LogP contribution in [-0.2, 0) is 19.5 Å². The minimum atomic E-state index is -4.19. The summed E-state index contributed by atoms with van der Waals surface area (Å²) in [4.78, 5) is 33.3. The van der Waals surface area contributed by atoms with Gasteiger partial charge in [-0.05, 0) is 75.7 Å². The van der Waals surface area contributed by atoms with Gasteiger partial charge in [0.1, 0.15) is 23.3 Å². The lowest BCUT2D eigenvalue weighted by atomic mass is 10.2. The molecule has 36 heavy (non-hydrogen) atoms. The van der Waals surface area contributed by atoms with E-state index in [1.807, 2.05) is 0 Å². The van der Waals surface area contributed by atoms with Gasteiger partial charge in [-0.15, -0.1) is 0 Å². The molecule has 1 aromatic carbocycles. The number of nitrogens with one attached hydrogen (secondary N) is 1. The molecule has 194 valence electrons. The van der Waals surface area contributed by atoms with E-state index >= 15 is 0 Å². The number of carbonyl (C=O) groups excluding carboxylic acids is 2. The van der Waals surface area contributed by atoms with Crippen LogP contribution in [0, 0.1) is 0 Å². The highest BCUT2D eigenvalue weighted by molar-refractivity contribution is 9.10. The van der Waals surface area contributed by atoms with Gasteiger partial charge in [0.2, 0.25) is 0 Å². The SMILES string of the molecule is CN(C(=O)OC(C)(C)C)S(=O)(=O)c1cccc(Nc2ncnc3c2c(Br)cn3C(=O)OC(C)(C)C)c1. The summed E-state index contributed by atoms with van der Waals surface area (Å²) in [6.07, 6.45) is 1.19. The number of carbonyl (C=O) groups is 2. The number of aromatic nitrogens is 3. The van der Waals surface area contributed by atoms with Crippen molar-refractivity contribution in [3.8, 4) is 0 Å². The lowest BCUT2D eigenvalue weighted by Crippen LogP contribution is -2.38. The Labute approximate surface area is 218 Å². The summed E-state index contributed by atoms with van der Waals surface area (Å²) in [7, 11) is -3.06. The third-order valence-corrected chi connectivity index (χ3v) is 6.85. The summed E-state index contributed by atoms with van der Waals surface area (Å²) in [5.74, 6) is 0.323. The zero-order chi connectivity index (χ0) is 27.1. The molecule has 0 bridgehead atoms. The second-order valence-electron chi connectivity index (χ2n) is 9.85. The molecule has 0 atom stereocenters. The number of hydrogen-bond acceptors (Lipinski definition) is 9. The highest BCUT2D eigenvalue weighted by Crippen LogP contribution is 2.32. The van der Waals surface area contributed by atoms with Crippen molar-refractivity contribution in [3.05, 3.63) is 41.3 Å². The van der Waals surface area contributed by atoms with Gasteiger partial charge >= 0.3 is 12.2 Å². The largest absolute Gasteiger partial charge is 0.443 e. The number of sulfonamides is 1. The van der Waals surface area contributed by atoms with Crippen LogP contribution in [0.25, 0.3) is 11.0 Å². The van der Waals surface area contributed by atoms with E-state index in [-0.39, 0.29) is 4.90 Å². The van der Waals surface area contributed by atoms with Crippen molar-refractivity contribution in [2.75, 3.05) is 12.4 Å². The number of hydrogen-bond donors (Lipinski definition) is 1. The minimum Gasteiger partial charge on any atom is -0.443 e. The molecule has 1 amide bonds. The fourth-order valence-electron chi connectivity index (χ4n) is 3.02. The number of halogens is 1. The third-order valence-electron chi connectivity index (χ3n) is 4.53. The maximum Gasteiger partial charge on any atom is 0.424 e. The molecule has 11 nitrogen and oxygen atoms in total. The van der Waals surface area contributed by atoms with E-state index in [1.165, 1.54) is 35.3 Å². The van der Waals surface area contributed by atoms with Crippen LogP contribution in [0.4, 0.5) is 21.1 Å². The molecule has 2 aromatic heterocycles. The first-order valence-electron chi connectivity index (χ1n) is 10.8. The Morgan fingerprint density at radius 1 is 1.06 bits per heavy atom. The molecule has 0 aliphatic heterocycles. The van der Waals surface area contributed by atoms with Crippen molar-refractivity contribution in [2.45, 2.75) is 57.6 Å². The first-order chi connectivity index (χ1) is 16.5. The number of amides is 1. The van der Waals surface area contributed by atoms with Crippen molar-refractivity contribution in [2.24, 2.45) is 0 Å². The molecule has 0 aliphatic carbocycles. The quantitative estimate of drug-likeness (QED) is 0.437. The molecule has 3 rings (SSSR count). The van der Waals surface area contributed by atoms with E-state index in [0.29, 0.717) is 31.3 Å². The molecule has 0 aliphatic rings. The predicted molar refractivity (Wildman–Crippen MR) is 138 cm³/mol.